The quantitative estimate of drug-likeness (QED) is 0.552. The molecule has 29 heavy (non-hydrogen) atoms. The minimum absolute atomic E-state index is 0.0189. The fourth-order valence-corrected chi connectivity index (χ4v) is 4.91. The Morgan fingerprint density at radius 3 is 2.90 bits per heavy atom. The number of hydrogen-bond donors (Lipinski definition) is 1. The first-order valence-electron chi connectivity index (χ1n) is 11.7. The van der Waals surface area contributed by atoms with Crippen molar-refractivity contribution in [3.8, 4) is 11.5 Å². The predicted octanol–water partition coefficient (Wildman–Crippen LogP) is 3.96. The Morgan fingerprint density at radius 1 is 1.38 bits per heavy atom. The van der Waals surface area contributed by atoms with E-state index in [0.29, 0.717) is 11.3 Å². The van der Waals surface area contributed by atoms with Crippen LogP contribution in [0.15, 0.2) is 33.0 Å². The SMILES string of the molecule is [2H]C([2H])([2H])c1cc2c(cc1C([2H])([2H])C(=O)c1sccc1S(=O)(=O)Nc1onc(C([2H])([2H])[2H])c1Cl)OCO2. The van der Waals surface area contributed by atoms with E-state index in [1.165, 1.54) is 5.38 Å². The van der Waals surface area contributed by atoms with Crippen LogP contribution in [0.2, 0.25) is 5.02 Å². The van der Waals surface area contributed by atoms with Crippen molar-refractivity contribution in [2.75, 3.05) is 11.5 Å². The summed E-state index contributed by atoms with van der Waals surface area (Å²) < 4.78 is 106. The van der Waals surface area contributed by atoms with Gasteiger partial charge in [-0.15, -0.1) is 11.3 Å². The van der Waals surface area contributed by atoms with Crippen molar-refractivity contribution in [3.63, 3.8) is 0 Å². The molecule has 3 heterocycles. The van der Waals surface area contributed by atoms with Crippen LogP contribution in [-0.4, -0.2) is 26.2 Å². The number of thiophene rings is 1. The topological polar surface area (TPSA) is 108 Å². The fourth-order valence-electron chi connectivity index (χ4n) is 2.42. The molecule has 0 saturated carbocycles. The highest BCUT2D eigenvalue weighted by Gasteiger charge is 2.27. The van der Waals surface area contributed by atoms with Crippen LogP contribution in [0.4, 0.5) is 5.88 Å². The van der Waals surface area contributed by atoms with Crippen LogP contribution >= 0.6 is 22.9 Å². The van der Waals surface area contributed by atoms with E-state index in [0.717, 1.165) is 18.2 Å². The first-order valence-corrected chi connectivity index (χ1v) is 10.4. The molecule has 0 radical (unpaired) electrons. The lowest BCUT2D eigenvalue weighted by molar-refractivity contribution is 0.0994. The highest BCUT2D eigenvalue weighted by atomic mass is 35.5. The van der Waals surface area contributed by atoms with E-state index >= 15 is 0 Å². The lowest BCUT2D eigenvalue weighted by Gasteiger charge is -2.09. The third-order valence-electron chi connectivity index (χ3n) is 3.75. The Morgan fingerprint density at radius 2 is 2.17 bits per heavy atom. The van der Waals surface area contributed by atoms with Gasteiger partial charge in [0.2, 0.25) is 6.79 Å². The van der Waals surface area contributed by atoms with Crippen molar-refractivity contribution in [1.82, 2.24) is 5.16 Å². The van der Waals surface area contributed by atoms with Crippen LogP contribution in [0.1, 0.15) is 37.5 Å². The molecule has 1 aliphatic rings. The maximum atomic E-state index is 13.4. The van der Waals surface area contributed by atoms with Gasteiger partial charge >= 0.3 is 0 Å². The molecule has 0 spiro atoms. The van der Waals surface area contributed by atoms with Gasteiger partial charge in [-0.2, -0.15) is 0 Å². The van der Waals surface area contributed by atoms with Gasteiger partial charge in [-0.1, -0.05) is 16.8 Å². The van der Waals surface area contributed by atoms with Crippen LogP contribution < -0.4 is 14.2 Å². The van der Waals surface area contributed by atoms with Crippen LogP contribution in [0.25, 0.3) is 0 Å². The fraction of sp³-hybridized carbons (Fsp3) is 0.222. The Balaban J connectivity index is 1.74. The zero-order valence-corrected chi connectivity index (χ0v) is 16.5. The van der Waals surface area contributed by atoms with Crippen LogP contribution in [0.3, 0.4) is 0 Å². The molecule has 1 aliphatic heterocycles. The monoisotopic (exact) mass is 462 g/mol. The van der Waals surface area contributed by atoms with Gasteiger partial charge in [0, 0.05) is 17.3 Å². The number of sulfonamides is 1. The highest BCUT2D eigenvalue weighted by molar-refractivity contribution is 7.93. The number of fused-ring (bicyclic) bond motifs is 1. The number of hydrogen-bond acceptors (Lipinski definition) is 8. The summed E-state index contributed by atoms with van der Waals surface area (Å²) in [6.07, 6.45) is -3.02. The van der Waals surface area contributed by atoms with Crippen molar-refractivity contribution >= 4 is 44.6 Å². The predicted molar refractivity (Wildman–Crippen MR) is 107 cm³/mol. The smallest absolute Gasteiger partial charge is 0.265 e. The molecular formula is C18H15ClN2O6S2. The number of rotatable bonds is 6. The molecule has 2 aromatic heterocycles. The summed E-state index contributed by atoms with van der Waals surface area (Å²) >= 11 is 6.49. The molecule has 0 amide bonds. The third-order valence-corrected chi connectivity index (χ3v) is 6.51. The second kappa shape index (κ2) is 7.36. The molecule has 4 rings (SSSR count). The Kier molecular flexibility index (Phi) is 3.10. The van der Waals surface area contributed by atoms with Gasteiger partial charge in [-0.3, -0.25) is 4.79 Å². The average Bonchev–Trinajstić information content (AvgIpc) is 3.51. The highest BCUT2D eigenvalue weighted by Crippen LogP contribution is 2.36. The number of ketones is 1. The molecule has 0 atom stereocenters. The number of carbonyl (C=O) groups is 1. The van der Waals surface area contributed by atoms with Gasteiger partial charge in [0.15, 0.2) is 17.3 Å². The second-order valence-corrected chi connectivity index (χ2v) is 8.54. The van der Waals surface area contributed by atoms with Crippen molar-refractivity contribution < 1.29 is 38.2 Å². The number of Topliss-reactive ketones (excluding diaryl/α,β-unsaturated/α-hetero) is 1. The number of carbonyl (C=O) groups excluding carboxylic acids is 1. The van der Waals surface area contributed by atoms with E-state index in [2.05, 4.69) is 5.16 Å². The third kappa shape index (κ3) is 3.70. The molecule has 152 valence electrons. The number of anilines is 1. The summed E-state index contributed by atoms with van der Waals surface area (Å²) in [5.74, 6) is -1.99. The van der Waals surface area contributed by atoms with Crippen molar-refractivity contribution in [2.45, 2.75) is 25.0 Å². The lowest BCUT2D eigenvalue weighted by atomic mass is 10.0. The number of ether oxygens (including phenoxy) is 2. The summed E-state index contributed by atoms with van der Waals surface area (Å²) in [5, 5.41) is 3.84. The average molecular weight is 463 g/mol. The van der Waals surface area contributed by atoms with Gasteiger partial charge in [0.25, 0.3) is 15.9 Å². The largest absolute Gasteiger partial charge is 0.454 e. The summed E-state index contributed by atoms with van der Waals surface area (Å²) in [4.78, 5) is 12.1. The van der Waals surface area contributed by atoms with E-state index in [1.54, 1.807) is 0 Å². The number of nitrogens with zero attached hydrogens (tertiary/aromatic N) is 1. The molecule has 3 aromatic rings. The Bertz CT molecular complexity index is 1500. The zero-order valence-electron chi connectivity index (χ0n) is 22.1. The second-order valence-electron chi connectivity index (χ2n) is 5.60. The molecule has 11 heteroatoms. The van der Waals surface area contributed by atoms with Gasteiger partial charge < -0.3 is 14.0 Å². The van der Waals surface area contributed by atoms with Gasteiger partial charge in [-0.25, -0.2) is 13.1 Å². The maximum Gasteiger partial charge on any atom is 0.265 e. The Labute approximate surface area is 186 Å². The first kappa shape index (κ1) is 12.2. The van der Waals surface area contributed by atoms with E-state index in [9.17, 15) is 13.2 Å². The lowest BCUT2D eigenvalue weighted by Crippen LogP contribution is -2.16. The zero-order chi connectivity index (χ0) is 27.6. The standard InChI is InChI=1S/C18H15ClN2O6S2/c1-9-5-13-14(26-8-25-13)7-11(9)6-12(22)17-15(3-4-28-17)29(23,24)21-18-16(19)10(2)20-27-18/h3-5,7,21H,6,8H2,1-2H3/i1D3,2D3,6D2. The molecule has 0 fully saturated rings. The molecule has 1 N–H and O–H groups in total. The van der Waals surface area contributed by atoms with Crippen molar-refractivity contribution in [1.29, 1.82) is 0 Å². The number of aromatic nitrogens is 1. The molecule has 0 unspecified atom stereocenters. The van der Waals surface area contributed by atoms with Crippen molar-refractivity contribution in [2.24, 2.45) is 0 Å². The number of aryl methyl sites for hydroxylation is 2. The van der Waals surface area contributed by atoms with E-state index in [1.807, 2.05) is 4.72 Å². The van der Waals surface area contributed by atoms with E-state index in [-0.39, 0.29) is 18.3 Å². The van der Waals surface area contributed by atoms with E-state index in [4.69, 9.17) is 36.6 Å². The summed E-state index contributed by atoms with van der Waals surface area (Å²) in [5.41, 5.74) is -1.75. The van der Waals surface area contributed by atoms with Crippen LogP contribution in [-0.2, 0) is 16.4 Å². The minimum Gasteiger partial charge on any atom is -0.454 e. The molecule has 0 aliphatic carbocycles. The summed E-state index contributed by atoms with van der Waals surface area (Å²) in [6.45, 7) is -5.88. The maximum absolute atomic E-state index is 13.4. The molecule has 8 nitrogen and oxygen atoms in total. The number of halogens is 1. The molecular weight excluding hydrogens is 440 g/mol. The number of benzene rings is 1. The Hall–Kier alpha value is -2.56. The molecule has 0 saturated heterocycles. The van der Waals surface area contributed by atoms with Crippen LogP contribution in [0, 0.1) is 13.7 Å². The van der Waals surface area contributed by atoms with Gasteiger partial charge in [-0.05, 0) is 48.4 Å². The number of nitrogens with one attached hydrogen (secondary N) is 1. The minimum atomic E-state index is -4.68. The van der Waals surface area contributed by atoms with Gasteiger partial charge in [0.05, 0.1) is 4.88 Å². The summed E-state index contributed by atoms with van der Waals surface area (Å²) in [7, 11) is -4.68. The van der Waals surface area contributed by atoms with Crippen LogP contribution in [0.5, 0.6) is 11.5 Å². The van der Waals surface area contributed by atoms with Gasteiger partial charge in [0.1, 0.15) is 15.6 Å². The van der Waals surface area contributed by atoms with Crippen molar-refractivity contribution in [3.05, 3.63) is 50.3 Å². The van der Waals surface area contributed by atoms with E-state index < -0.39 is 73.4 Å². The molecule has 0 bridgehead atoms. The normalized spacial score (nSPS) is 18.4. The molecule has 1 aromatic carbocycles. The summed E-state index contributed by atoms with van der Waals surface area (Å²) in [6, 6.07) is 3.10. The first-order chi connectivity index (χ1) is 16.9.